The van der Waals surface area contributed by atoms with E-state index in [4.69, 9.17) is 15.2 Å². The minimum Gasteiger partial charge on any atom is -0.482 e. The predicted octanol–water partition coefficient (Wildman–Crippen LogP) is 2.71. The second kappa shape index (κ2) is 11.7. The van der Waals surface area contributed by atoms with Gasteiger partial charge in [-0.05, 0) is 34.9 Å². The predicted molar refractivity (Wildman–Crippen MR) is 147 cm³/mol. The minimum atomic E-state index is -0.622. The number of hydrogen-bond acceptors (Lipinski definition) is 6. The highest BCUT2D eigenvalue weighted by Gasteiger charge is 2.32. The van der Waals surface area contributed by atoms with Crippen molar-refractivity contribution in [3.8, 4) is 16.9 Å². The molecule has 2 heterocycles. The van der Waals surface area contributed by atoms with E-state index in [0.717, 1.165) is 29.8 Å². The summed E-state index contributed by atoms with van der Waals surface area (Å²) in [5, 5.41) is 0. The molecule has 3 aromatic carbocycles. The molecule has 2 aliphatic rings. The van der Waals surface area contributed by atoms with Crippen LogP contribution in [-0.4, -0.2) is 80.6 Å². The minimum absolute atomic E-state index is 0.182. The number of ether oxygens (including phenoxy) is 2. The Hall–Kier alpha value is -4.21. The van der Waals surface area contributed by atoms with E-state index >= 15 is 0 Å². The molecule has 2 N–H and O–H groups in total. The lowest BCUT2D eigenvalue weighted by Crippen LogP contribution is -2.48. The molecule has 1 atom stereocenters. The third kappa shape index (κ3) is 5.94. The Balaban J connectivity index is 1.40. The van der Waals surface area contributed by atoms with Gasteiger partial charge in [0.25, 0.3) is 5.91 Å². The van der Waals surface area contributed by atoms with Crippen molar-refractivity contribution < 1.29 is 23.9 Å². The molecule has 3 aromatic rings. The number of nitrogens with zero attached hydrogens (tertiary/aromatic N) is 3. The van der Waals surface area contributed by atoms with Crippen molar-refractivity contribution in [2.24, 2.45) is 5.73 Å². The van der Waals surface area contributed by atoms with Crippen molar-refractivity contribution in [3.05, 3.63) is 83.9 Å². The van der Waals surface area contributed by atoms with Gasteiger partial charge in [0, 0.05) is 32.2 Å². The molecule has 1 saturated heterocycles. The number of benzene rings is 3. The van der Waals surface area contributed by atoms with E-state index in [2.05, 4.69) is 41.3 Å². The van der Waals surface area contributed by atoms with Gasteiger partial charge in [0.2, 0.25) is 11.8 Å². The summed E-state index contributed by atoms with van der Waals surface area (Å²) in [5.41, 5.74) is 9.27. The number of carbonyl (C=O) groups excluding carboxylic acids is 3. The molecule has 0 saturated carbocycles. The van der Waals surface area contributed by atoms with Crippen LogP contribution in [-0.2, 0) is 14.3 Å². The van der Waals surface area contributed by atoms with Crippen LogP contribution in [0.25, 0.3) is 11.1 Å². The van der Waals surface area contributed by atoms with E-state index in [1.54, 1.807) is 24.1 Å². The van der Waals surface area contributed by atoms with Crippen LogP contribution in [0.5, 0.6) is 5.75 Å². The number of likely N-dealkylation sites (N-methyl/N-ethyl adjacent to an activating group) is 1. The Morgan fingerprint density at radius 1 is 0.974 bits per heavy atom. The second-order valence-electron chi connectivity index (χ2n) is 9.74. The molecule has 0 aliphatic carbocycles. The van der Waals surface area contributed by atoms with Gasteiger partial charge >= 0.3 is 0 Å². The molecule has 9 nitrogen and oxygen atoms in total. The fourth-order valence-electron chi connectivity index (χ4n) is 4.96. The number of fused-ring (bicyclic) bond motifs is 1. The van der Waals surface area contributed by atoms with Crippen LogP contribution in [0.4, 0.5) is 5.69 Å². The summed E-state index contributed by atoms with van der Waals surface area (Å²) in [6, 6.07) is 22.8. The molecule has 0 spiro atoms. The zero-order valence-electron chi connectivity index (χ0n) is 21.9. The van der Waals surface area contributed by atoms with Crippen molar-refractivity contribution in [3.63, 3.8) is 0 Å². The van der Waals surface area contributed by atoms with Crippen LogP contribution >= 0.6 is 0 Å². The highest BCUT2D eigenvalue weighted by Crippen LogP contribution is 2.33. The fourth-order valence-corrected chi connectivity index (χ4v) is 4.96. The van der Waals surface area contributed by atoms with Crippen LogP contribution in [0.3, 0.4) is 0 Å². The first-order chi connectivity index (χ1) is 18.9. The van der Waals surface area contributed by atoms with E-state index < -0.39 is 5.91 Å². The standard InChI is InChI=1S/C30H32N4O5/c1-32(28(35)19-34-25-17-24(30(31)37)11-12-27(25)39-20-29(34)36)26(18-33-13-15-38-16-14-33)23-9-7-22(8-10-23)21-5-3-2-4-6-21/h2-12,17,26H,13-16,18-20H2,1H3,(H2,31,37). The Labute approximate surface area is 227 Å². The van der Waals surface area contributed by atoms with Crippen LogP contribution in [0.15, 0.2) is 72.8 Å². The topological polar surface area (TPSA) is 105 Å². The lowest BCUT2D eigenvalue weighted by molar-refractivity contribution is -0.133. The van der Waals surface area contributed by atoms with Crippen molar-refractivity contribution in [2.75, 3.05) is 57.9 Å². The number of hydrogen-bond donors (Lipinski definition) is 1. The maximum absolute atomic E-state index is 13.7. The maximum Gasteiger partial charge on any atom is 0.265 e. The number of primary amides is 1. The molecule has 0 aromatic heterocycles. The number of nitrogens with two attached hydrogens (primary N) is 1. The van der Waals surface area contributed by atoms with E-state index in [1.165, 1.54) is 11.0 Å². The summed E-state index contributed by atoms with van der Waals surface area (Å²) in [7, 11) is 1.77. The first-order valence-electron chi connectivity index (χ1n) is 13.0. The molecule has 202 valence electrons. The molecule has 0 radical (unpaired) electrons. The summed E-state index contributed by atoms with van der Waals surface area (Å²) in [6.45, 7) is 3.14. The van der Waals surface area contributed by atoms with Crippen LogP contribution < -0.4 is 15.4 Å². The normalized spacial score (nSPS) is 16.2. The molecule has 39 heavy (non-hydrogen) atoms. The van der Waals surface area contributed by atoms with E-state index in [-0.39, 0.29) is 36.6 Å². The summed E-state index contributed by atoms with van der Waals surface area (Å²) >= 11 is 0. The van der Waals surface area contributed by atoms with Gasteiger partial charge in [-0.1, -0.05) is 54.6 Å². The Kier molecular flexibility index (Phi) is 7.90. The highest BCUT2D eigenvalue weighted by molar-refractivity contribution is 6.04. The van der Waals surface area contributed by atoms with E-state index in [0.29, 0.717) is 31.2 Å². The zero-order chi connectivity index (χ0) is 27.4. The molecule has 1 fully saturated rings. The largest absolute Gasteiger partial charge is 0.482 e. The van der Waals surface area contributed by atoms with Gasteiger partial charge in [0.15, 0.2) is 6.61 Å². The van der Waals surface area contributed by atoms with Crippen LogP contribution in [0.1, 0.15) is 22.0 Å². The van der Waals surface area contributed by atoms with Gasteiger partial charge in [-0.15, -0.1) is 0 Å². The van der Waals surface area contributed by atoms with Gasteiger partial charge < -0.3 is 20.1 Å². The number of amides is 3. The highest BCUT2D eigenvalue weighted by atomic mass is 16.5. The lowest BCUT2D eigenvalue weighted by atomic mass is 9.99. The van der Waals surface area contributed by atoms with Gasteiger partial charge in [0.05, 0.1) is 24.9 Å². The van der Waals surface area contributed by atoms with Gasteiger partial charge in [-0.3, -0.25) is 24.2 Å². The maximum atomic E-state index is 13.7. The molecular formula is C30H32N4O5. The molecular weight excluding hydrogens is 496 g/mol. The molecule has 1 unspecified atom stereocenters. The number of morpholine rings is 1. The molecule has 9 heteroatoms. The van der Waals surface area contributed by atoms with Gasteiger partial charge in [0.1, 0.15) is 12.3 Å². The van der Waals surface area contributed by atoms with Gasteiger partial charge in [-0.2, -0.15) is 0 Å². The summed E-state index contributed by atoms with van der Waals surface area (Å²) in [6.07, 6.45) is 0. The van der Waals surface area contributed by atoms with Crippen LogP contribution in [0.2, 0.25) is 0 Å². The SMILES string of the molecule is CN(C(=O)CN1C(=O)COc2ccc(C(N)=O)cc21)C(CN1CCOCC1)c1ccc(-c2ccccc2)cc1. The van der Waals surface area contributed by atoms with Gasteiger partial charge in [-0.25, -0.2) is 0 Å². The Morgan fingerprint density at radius 3 is 2.36 bits per heavy atom. The third-order valence-electron chi connectivity index (χ3n) is 7.28. The Bertz CT molecular complexity index is 1340. The number of anilines is 1. The average Bonchev–Trinajstić information content (AvgIpc) is 2.97. The van der Waals surface area contributed by atoms with E-state index in [9.17, 15) is 14.4 Å². The monoisotopic (exact) mass is 528 g/mol. The first kappa shape index (κ1) is 26.4. The quantitative estimate of drug-likeness (QED) is 0.482. The zero-order valence-corrected chi connectivity index (χ0v) is 21.9. The van der Waals surface area contributed by atoms with Crippen molar-refractivity contribution >= 4 is 23.4 Å². The van der Waals surface area contributed by atoms with Crippen molar-refractivity contribution in [1.29, 1.82) is 0 Å². The van der Waals surface area contributed by atoms with Crippen molar-refractivity contribution in [2.45, 2.75) is 6.04 Å². The summed E-state index contributed by atoms with van der Waals surface area (Å²) in [5.74, 6) is -0.783. The summed E-state index contributed by atoms with van der Waals surface area (Å²) < 4.78 is 11.0. The second-order valence-corrected chi connectivity index (χ2v) is 9.74. The summed E-state index contributed by atoms with van der Waals surface area (Å²) in [4.78, 5) is 43.6. The number of carbonyl (C=O) groups is 3. The third-order valence-corrected chi connectivity index (χ3v) is 7.28. The lowest BCUT2D eigenvalue weighted by Gasteiger charge is -2.37. The van der Waals surface area contributed by atoms with E-state index in [1.807, 2.05) is 18.2 Å². The Morgan fingerprint density at radius 2 is 1.67 bits per heavy atom. The molecule has 3 amide bonds. The molecule has 5 rings (SSSR count). The smallest absolute Gasteiger partial charge is 0.265 e. The average molecular weight is 529 g/mol. The molecule has 2 aliphatic heterocycles. The fraction of sp³-hybridized carbons (Fsp3) is 0.300. The van der Waals surface area contributed by atoms with Crippen molar-refractivity contribution in [1.82, 2.24) is 9.80 Å². The first-order valence-corrected chi connectivity index (χ1v) is 13.0. The molecule has 0 bridgehead atoms. The number of rotatable bonds is 8. The van der Waals surface area contributed by atoms with Crippen LogP contribution in [0, 0.1) is 0 Å².